The molecule has 2 aromatic rings. The Morgan fingerprint density at radius 3 is 2.44 bits per heavy atom. The van der Waals surface area contributed by atoms with Crippen LogP contribution in [-0.4, -0.2) is 11.3 Å². The van der Waals surface area contributed by atoms with E-state index < -0.39 is 6.36 Å². The minimum absolute atomic E-state index is 0.244. The van der Waals surface area contributed by atoms with Gasteiger partial charge in [0.2, 0.25) is 0 Å². The van der Waals surface area contributed by atoms with Crippen molar-refractivity contribution in [1.82, 2.24) is 4.98 Å². The predicted octanol–water partition coefficient (Wildman–Crippen LogP) is 3.96. The minimum atomic E-state index is -4.71. The van der Waals surface area contributed by atoms with Gasteiger partial charge in [0.05, 0.1) is 5.69 Å². The molecule has 2 rings (SSSR count). The Bertz CT molecular complexity index is 552. The lowest BCUT2D eigenvalue weighted by Crippen LogP contribution is -2.17. The SMILES string of the molecule is Cc1cccnc1-c1ccccc1OC(F)(F)F. The molecule has 0 aliphatic carbocycles. The van der Waals surface area contributed by atoms with Crippen LogP contribution in [0, 0.1) is 6.92 Å². The number of ether oxygens (including phenoxy) is 1. The van der Waals surface area contributed by atoms with E-state index in [0.717, 1.165) is 5.56 Å². The van der Waals surface area contributed by atoms with Gasteiger partial charge in [-0.25, -0.2) is 0 Å². The Balaban J connectivity index is 2.49. The predicted molar refractivity (Wildman–Crippen MR) is 61.1 cm³/mol. The van der Waals surface area contributed by atoms with Crippen LogP contribution in [0.25, 0.3) is 11.3 Å². The van der Waals surface area contributed by atoms with Crippen LogP contribution in [-0.2, 0) is 0 Å². The highest BCUT2D eigenvalue weighted by Gasteiger charge is 2.32. The van der Waals surface area contributed by atoms with Crippen LogP contribution in [0.3, 0.4) is 0 Å². The minimum Gasteiger partial charge on any atom is -0.405 e. The number of benzene rings is 1. The summed E-state index contributed by atoms with van der Waals surface area (Å²) in [4.78, 5) is 4.09. The molecular formula is C13H10F3NO. The van der Waals surface area contributed by atoms with Crippen LogP contribution in [0.5, 0.6) is 5.75 Å². The van der Waals surface area contributed by atoms with Gasteiger partial charge >= 0.3 is 6.36 Å². The Hall–Kier alpha value is -2.04. The molecule has 2 nitrogen and oxygen atoms in total. The number of aryl methyl sites for hydroxylation is 1. The lowest BCUT2D eigenvalue weighted by atomic mass is 10.1. The van der Waals surface area contributed by atoms with Crippen LogP contribution in [0.1, 0.15) is 5.56 Å². The van der Waals surface area contributed by atoms with Crippen molar-refractivity contribution in [3.8, 4) is 17.0 Å². The lowest BCUT2D eigenvalue weighted by Gasteiger charge is -2.13. The third kappa shape index (κ3) is 2.80. The number of rotatable bonds is 2. The quantitative estimate of drug-likeness (QED) is 0.808. The molecule has 0 fully saturated rings. The average molecular weight is 253 g/mol. The molecular weight excluding hydrogens is 243 g/mol. The smallest absolute Gasteiger partial charge is 0.405 e. The number of halogens is 3. The third-order valence-corrected chi connectivity index (χ3v) is 2.38. The highest BCUT2D eigenvalue weighted by molar-refractivity contribution is 5.69. The van der Waals surface area contributed by atoms with Crippen molar-refractivity contribution in [3.63, 3.8) is 0 Å². The monoisotopic (exact) mass is 253 g/mol. The molecule has 0 saturated heterocycles. The van der Waals surface area contributed by atoms with Crippen molar-refractivity contribution in [2.45, 2.75) is 13.3 Å². The number of alkyl halides is 3. The second kappa shape index (κ2) is 4.68. The van der Waals surface area contributed by atoms with Gasteiger partial charge in [-0.2, -0.15) is 0 Å². The largest absolute Gasteiger partial charge is 0.573 e. The van der Waals surface area contributed by atoms with E-state index in [2.05, 4.69) is 9.72 Å². The zero-order valence-electron chi connectivity index (χ0n) is 9.53. The van der Waals surface area contributed by atoms with Crippen molar-refractivity contribution in [1.29, 1.82) is 0 Å². The van der Waals surface area contributed by atoms with Gasteiger partial charge in [-0.3, -0.25) is 4.98 Å². The van der Waals surface area contributed by atoms with E-state index in [4.69, 9.17) is 0 Å². The first kappa shape index (κ1) is 12.4. The molecule has 0 bridgehead atoms. The van der Waals surface area contributed by atoms with E-state index in [1.54, 1.807) is 31.2 Å². The van der Waals surface area contributed by atoms with Crippen molar-refractivity contribution < 1.29 is 17.9 Å². The number of pyridine rings is 1. The van der Waals surface area contributed by atoms with Crippen molar-refractivity contribution in [2.24, 2.45) is 0 Å². The van der Waals surface area contributed by atoms with Gasteiger partial charge in [-0.15, -0.1) is 13.2 Å². The summed E-state index contributed by atoms with van der Waals surface area (Å²) < 4.78 is 40.9. The maximum atomic E-state index is 12.3. The van der Waals surface area contributed by atoms with Gasteiger partial charge in [-0.1, -0.05) is 18.2 Å². The molecule has 1 aromatic carbocycles. The highest BCUT2D eigenvalue weighted by atomic mass is 19.4. The average Bonchev–Trinajstić information content (AvgIpc) is 2.29. The standard InChI is InChI=1S/C13H10F3NO/c1-9-5-4-8-17-12(9)10-6-2-3-7-11(10)18-13(14,15)16/h2-8H,1H3. The normalized spacial score (nSPS) is 11.3. The van der Waals surface area contributed by atoms with Crippen LogP contribution >= 0.6 is 0 Å². The van der Waals surface area contributed by atoms with Gasteiger partial charge in [0.15, 0.2) is 0 Å². The molecule has 1 heterocycles. The fraction of sp³-hybridized carbons (Fsp3) is 0.154. The van der Waals surface area contributed by atoms with Gasteiger partial charge in [0.25, 0.3) is 0 Å². The fourth-order valence-electron chi connectivity index (χ4n) is 1.64. The second-order valence-corrected chi connectivity index (χ2v) is 3.71. The summed E-state index contributed by atoms with van der Waals surface area (Å²) in [5.74, 6) is -0.244. The summed E-state index contributed by atoms with van der Waals surface area (Å²) in [6.45, 7) is 1.78. The molecule has 0 amide bonds. The van der Waals surface area contributed by atoms with Gasteiger partial charge in [-0.05, 0) is 30.7 Å². The number of hydrogen-bond donors (Lipinski definition) is 0. The van der Waals surface area contributed by atoms with E-state index in [1.807, 2.05) is 0 Å². The Morgan fingerprint density at radius 1 is 1.06 bits per heavy atom. The van der Waals surface area contributed by atoms with E-state index in [1.165, 1.54) is 18.3 Å². The molecule has 94 valence electrons. The zero-order chi connectivity index (χ0) is 13.2. The summed E-state index contributed by atoms with van der Waals surface area (Å²) in [6, 6.07) is 9.47. The molecule has 0 radical (unpaired) electrons. The van der Waals surface area contributed by atoms with Crippen molar-refractivity contribution in [2.75, 3.05) is 0 Å². The van der Waals surface area contributed by atoms with Crippen LogP contribution in [0.2, 0.25) is 0 Å². The first-order chi connectivity index (χ1) is 8.47. The van der Waals surface area contributed by atoms with Crippen LogP contribution in [0.15, 0.2) is 42.6 Å². The molecule has 0 unspecified atom stereocenters. The molecule has 0 aliphatic rings. The van der Waals surface area contributed by atoms with E-state index in [0.29, 0.717) is 11.3 Å². The van der Waals surface area contributed by atoms with E-state index in [9.17, 15) is 13.2 Å². The summed E-state index contributed by atoms with van der Waals surface area (Å²) in [5.41, 5.74) is 1.60. The molecule has 18 heavy (non-hydrogen) atoms. The first-order valence-electron chi connectivity index (χ1n) is 5.24. The maximum absolute atomic E-state index is 12.3. The number of aromatic nitrogens is 1. The summed E-state index contributed by atoms with van der Waals surface area (Å²) in [5, 5.41) is 0. The summed E-state index contributed by atoms with van der Waals surface area (Å²) in [7, 11) is 0. The molecule has 0 spiro atoms. The zero-order valence-corrected chi connectivity index (χ0v) is 9.53. The fourth-order valence-corrected chi connectivity index (χ4v) is 1.64. The van der Waals surface area contributed by atoms with Crippen LogP contribution in [0.4, 0.5) is 13.2 Å². The number of nitrogens with zero attached hydrogens (tertiary/aromatic N) is 1. The molecule has 0 aliphatic heterocycles. The molecule has 0 atom stereocenters. The molecule has 1 aromatic heterocycles. The van der Waals surface area contributed by atoms with Gasteiger partial charge < -0.3 is 4.74 Å². The first-order valence-corrected chi connectivity index (χ1v) is 5.24. The van der Waals surface area contributed by atoms with Crippen molar-refractivity contribution in [3.05, 3.63) is 48.2 Å². The Kier molecular flexibility index (Phi) is 3.23. The Morgan fingerprint density at radius 2 is 1.78 bits per heavy atom. The van der Waals surface area contributed by atoms with E-state index in [-0.39, 0.29) is 5.75 Å². The van der Waals surface area contributed by atoms with Gasteiger partial charge in [0, 0.05) is 11.8 Å². The highest BCUT2D eigenvalue weighted by Crippen LogP contribution is 2.33. The van der Waals surface area contributed by atoms with E-state index >= 15 is 0 Å². The van der Waals surface area contributed by atoms with Crippen LogP contribution < -0.4 is 4.74 Å². The topological polar surface area (TPSA) is 22.1 Å². The molecule has 0 N–H and O–H groups in total. The second-order valence-electron chi connectivity index (χ2n) is 3.71. The molecule has 5 heteroatoms. The number of hydrogen-bond acceptors (Lipinski definition) is 2. The maximum Gasteiger partial charge on any atom is 0.573 e. The summed E-state index contributed by atoms with van der Waals surface area (Å²) in [6.07, 6.45) is -3.18. The lowest BCUT2D eigenvalue weighted by molar-refractivity contribution is -0.274. The van der Waals surface area contributed by atoms with Crippen molar-refractivity contribution >= 4 is 0 Å². The third-order valence-electron chi connectivity index (χ3n) is 2.38. The summed E-state index contributed by atoms with van der Waals surface area (Å²) >= 11 is 0. The van der Waals surface area contributed by atoms with Gasteiger partial charge in [0.1, 0.15) is 5.75 Å². The number of para-hydroxylation sites is 1. The Labute approximate surface area is 102 Å². The molecule has 0 saturated carbocycles.